The van der Waals surface area contributed by atoms with Gasteiger partial charge in [0.05, 0.1) is 5.69 Å². The van der Waals surface area contributed by atoms with E-state index in [0.717, 1.165) is 30.8 Å². The number of benzene rings is 1. The molecule has 2 heterocycles. The molecular formula is C21H29N3O. The fraction of sp³-hybridized carbons (Fsp3) is 0.524. The van der Waals surface area contributed by atoms with E-state index >= 15 is 0 Å². The molecule has 1 aliphatic rings. The molecule has 1 atom stereocenters. The summed E-state index contributed by atoms with van der Waals surface area (Å²) in [6, 6.07) is 8.50. The van der Waals surface area contributed by atoms with Crippen LogP contribution in [0.15, 0.2) is 24.3 Å². The largest absolute Gasteiger partial charge is 0.309 e. The summed E-state index contributed by atoms with van der Waals surface area (Å²) in [5, 5.41) is 4.67. The van der Waals surface area contributed by atoms with Crippen molar-refractivity contribution in [3.63, 3.8) is 0 Å². The maximum absolute atomic E-state index is 12.9. The first-order valence-corrected chi connectivity index (χ1v) is 9.31. The SMILES string of the molecule is Cc1nn(CC(C)C)c(C)c1CCC(=O)N1c2ccccc2CC1C. The van der Waals surface area contributed by atoms with E-state index in [-0.39, 0.29) is 11.9 Å². The predicted octanol–water partition coefficient (Wildman–Crippen LogP) is 4.07. The Balaban J connectivity index is 1.72. The predicted molar refractivity (Wildman–Crippen MR) is 102 cm³/mol. The maximum atomic E-state index is 12.9. The highest BCUT2D eigenvalue weighted by molar-refractivity contribution is 5.96. The number of hydrogen-bond acceptors (Lipinski definition) is 2. The molecule has 1 amide bonds. The monoisotopic (exact) mass is 339 g/mol. The van der Waals surface area contributed by atoms with Gasteiger partial charge < -0.3 is 4.90 Å². The van der Waals surface area contributed by atoms with Gasteiger partial charge in [-0.05, 0) is 56.7 Å². The second-order valence-corrected chi connectivity index (χ2v) is 7.67. The number of nitrogens with zero attached hydrogens (tertiary/aromatic N) is 3. The molecule has 0 bridgehead atoms. The fourth-order valence-corrected chi connectivity index (χ4v) is 3.92. The number of aryl methyl sites for hydroxylation is 1. The summed E-state index contributed by atoms with van der Waals surface area (Å²) in [6.07, 6.45) is 2.25. The summed E-state index contributed by atoms with van der Waals surface area (Å²) in [5.41, 5.74) is 5.85. The summed E-state index contributed by atoms with van der Waals surface area (Å²) in [7, 11) is 0. The molecule has 1 aliphatic heterocycles. The van der Waals surface area contributed by atoms with Crippen LogP contribution >= 0.6 is 0 Å². The molecule has 2 aromatic rings. The molecule has 0 saturated carbocycles. The van der Waals surface area contributed by atoms with Gasteiger partial charge in [0.1, 0.15) is 0 Å². The van der Waals surface area contributed by atoms with E-state index in [1.165, 1.54) is 16.8 Å². The number of fused-ring (bicyclic) bond motifs is 1. The molecule has 0 fully saturated rings. The van der Waals surface area contributed by atoms with Gasteiger partial charge in [0.15, 0.2) is 0 Å². The van der Waals surface area contributed by atoms with Crippen molar-refractivity contribution < 1.29 is 4.79 Å². The maximum Gasteiger partial charge on any atom is 0.227 e. The minimum Gasteiger partial charge on any atom is -0.309 e. The minimum atomic E-state index is 0.216. The van der Waals surface area contributed by atoms with Crippen LogP contribution in [0.4, 0.5) is 5.69 Å². The zero-order valence-electron chi connectivity index (χ0n) is 16.0. The van der Waals surface area contributed by atoms with E-state index in [1.54, 1.807) is 0 Å². The number of anilines is 1. The quantitative estimate of drug-likeness (QED) is 0.824. The molecule has 134 valence electrons. The minimum absolute atomic E-state index is 0.216. The summed E-state index contributed by atoms with van der Waals surface area (Å²) in [6.45, 7) is 11.6. The standard InChI is InChI=1S/C21H29N3O/c1-14(2)13-23-17(5)19(16(4)22-23)10-11-21(25)24-15(3)12-18-8-6-7-9-20(18)24/h6-9,14-15H,10-13H2,1-5H3. The highest BCUT2D eigenvalue weighted by Crippen LogP contribution is 2.32. The molecule has 0 saturated heterocycles. The van der Waals surface area contributed by atoms with Crippen LogP contribution in [-0.4, -0.2) is 21.7 Å². The third-order valence-corrected chi connectivity index (χ3v) is 5.13. The van der Waals surface area contributed by atoms with Crippen molar-refractivity contribution in [1.29, 1.82) is 0 Å². The number of hydrogen-bond donors (Lipinski definition) is 0. The molecule has 25 heavy (non-hydrogen) atoms. The van der Waals surface area contributed by atoms with Crippen molar-refractivity contribution in [2.45, 2.75) is 66.5 Å². The lowest BCUT2D eigenvalue weighted by Crippen LogP contribution is -2.35. The van der Waals surface area contributed by atoms with Crippen LogP contribution in [0.2, 0.25) is 0 Å². The Labute approximate surface area is 150 Å². The Morgan fingerprint density at radius 1 is 1.28 bits per heavy atom. The van der Waals surface area contributed by atoms with E-state index < -0.39 is 0 Å². The summed E-state index contributed by atoms with van der Waals surface area (Å²) in [5.74, 6) is 0.780. The van der Waals surface area contributed by atoms with Crippen molar-refractivity contribution >= 4 is 11.6 Å². The second kappa shape index (κ2) is 7.03. The van der Waals surface area contributed by atoms with Crippen LogP contribution in [-0.2, 0) is 24.2 Å². The average molecular weight is 339 g/mol. The van der Waals surface area contributed by atoms with E-state index in [2.05, 4.69) is 62.6 Å². The van der Waals surface area contributed by atoms with Crippen LogP contribution in [0, 0.1) is 19.8 Å². The van der Waals surface area contributed by atoms with Gasteiger partial charge in [-0.15, -0.1) is 0 Å². The van der Waals surface area contributed by atoms with E-state index in [4.69, 9.17) is 0 Å². The Bertz CT molecular complexity index is 775. The molecule has 0 radical (unpaired) electrons. The first-order chi connectivity index (χ1) is 11.9. The lowest BCUT2D eigenvalue weighted by Gasteiger charge is -2.22. The van der Waals surface area contributed by atoms with Crippen LogP contribution in [0.1, 0.15) is 49.7 Å². The van der Waals surface area contributed by atoms with Crippen LogP contribution in [0.3, 0.4) is 0 Å². The normalized spacial score (nSPS) is 16.6. The molecular weight excluding hydrogens is 310 g/mol. The number of amides is 1. The van der Waals surface area contributed by atoms with Gasteiger partial charge in [-0.1, -0.05) is 32.0 Å². The van der Waals surface area contributed by atoms with Crippen molar-refractivity contribution in [3.8, 4) is 0 Å². The summed E-state index contributed by atoms with van der Waals surface area (Å²) in [4.78, 5) is 14.9. The van der Waals surface area contributed by atoms with Crippen molar-refractivity contribution in [2.75, 3.05) is 4.90 Å². The Morgan fingerprint density at radius 3 is 2.72 bits per heavy atom. The van der Waals surface area contributed by atoms with Crippen molar-refractivity contribution in [2.24, 2.45) is 5.92 Å². The Hall–Kier alpha value is -2.10. The van der Waals surface area contributed by atoms with Gasteiger partial charge in [-0.3, -0.25) is 9.48 Å². The Morgan fingerprint density at radius 2 is 2.00 bits per heavy atom. The Kier molecular flexibility index (Phi) is 4.98. The third kappa shape index (κ3) is 3.48. The van der Waals surface area contributed by atoms with Gasteiger partial charge in [0.2, 0.25) is 5.91 Å². The first kappa shape index (κ1) is 17.7. The zero-order valence-corrected chi connectivity index (χ0v) is 16.0. The van der Waals surface area contributed by atoms with E-state index in [0.29, 0.717) is 12.3 Å². The average Bonchev–Trinajstić information content (AvgIpc) is 3.01. The van der Waals surface area contributed by atoms with Crippen LogP contribution in [0.5, 0.6) is 0 Å². The number of para-hydroxylation sites is 1. The number of carbonyl (C=O) groups excluding carboxylic acids is 1. The number of aromatic nitrogens is 2. The molecule has 0 N–H and O–H groups in total. The van der Waals surface area contributed by atoms with Crippen LogP contribution in [0.25, 0.3) is 0 Å². The lowest BCUT2D eigenvalue weighted by atomic mass is 10.1. The topological polar surface area (TPSA) is 38.1 Å². The zero-order chi connectivity index (χ0) is 18.1. The van der Waals surface area contributed by atoms with Crippen molar-refractivity contribution in [1.82, 2.24) is 9.78 Å². The second-order valence-electron chi connectivity index (χ2n) is 7.67. The molecule has 0 aliphatic carbocycles. The van der Waals surface area contributed by atoms with Gasteiger partial charge >= 0.3 is 0 Å². The first-order valence-electron chi connectivity index (χ1n) is 9.31. The molecule has 1 aromatic carbocycles. The van der Waals surface area contributed by atoms with Gasteiger partial charge in [-0.2, -0.15) is 5.10 Å². The van der Waals surface area contributed by atoms with E-state index in [1.807, 2.05) is 11.0 Å². The van der Waals surface area contributed by atoms with Gasteiger partial charge in [0.25, 0.3) is 0 Å². The summed E-state index contributed by atoms with van der Waals surface area (Å²) >= 11 is 0. The number of rotatable bonds is 5. The van der Waals surface area contributed by atoms with Gasteiger partial charge in [0, 0.05) is 30.4 Å². The molecule has 0 spiro atoms. The number of carbonyl (C=O) groups is 1. The molecule has 4 heteroatoms. The fourth-order valence-electron chi connectivity index (χ4n) is 3.92. The van der Waals surface area contributed by atoms with Crippen LogP contribution < -0.4 is 4.90 Å². The van der Waals surface area contributed by atoms with Crippen molar-refractivity contribution in [3.05, 3.63) is 46.8 Å². The molecule has 3 rings (SSSR count). The van der Waals surface area contributed by atoms with E-state index in [9.17, 15) is 4.79 Å². The highest BCUT2D eigenvalue weighted by atomic mass is 16.2. The lowest BCUT2D eigenvalue weighted by molar-refractivity contribution is -0.118. The molecule has 1 unspecified atom stereocenters. The smallest absolute Gasteiger partial charge is 0.227 e. The third-order valence-electron chi connectivity index (χ3n) is 5.13. The molecule has 1 aromatic heterocycles. The molecule has 4 nitrogen and oxygen atoms in total. The van der Waals surface area contributed by atoms with Gasteiger partial charge in [-0.25, -0.2) is 0 Å². The highest BCUT2D eigenvalue weighted by Gasteiger charge is 2.30. The summed E-state index contributed by atoms with van der Waals surface area (Å²) < 4.78 is 2.09.